The van der Waals surface area contributed by atoms with Gasteiger partial charge in [-0.15, -0.1) is 11.8 Å². The van der Waals surface area contributed by atoms with Gasteiger partial charge in [0.2, 0.25) is 11.8 Å². The van der Waals surface area contributed by atoms with Crippen molar-refractivity contribution < 1.29 is 22.7 Å². The van der Waals surface area contributed by atoms with Crippen molar-refractivity contribution in [3.8, 4) is 5.75 Å². The summed E-state index contributed by atoms with van der Waals surface area (Å²) in [5, 5.41) is 5.26. The van der Waals surface area contributed by atoms with Crippen molar-refractivity contribution in [2.24, 2.45) is 0 Å². The van der Waals surface area contributed by atoms with Crippen LogP contribution in [0.1, 0.15) is 19.8 Å². The molecule has 1 aliphatic rings. The predicted molar refractivity (Wildman–Crippen MR) is 113 cm³/mol. The molecule has 1 aliphatic heterocycles. The zero-order valence-electron chi connectivity index (χ0n) is 16.1. The number of fused-ring (bicyclic) bond motifs is 1. The summed E-state index contributed by atoms with van der Waals surface area (Å²) in [7, 11) is -2.12. The monoisotopic (exact) mass is 434 g/mol. The summed E-state index contributed by atoms with van der Waals surface area (Å²) in [6.07, 6.45) is 0.518. The fourth-order valence-electron chi connectivity index (χ4n) is 2.83. The largest absolute Gasteiger partial charge is 0.497 e. The van der Waals surface area contributed by atoms with Crippen molar-refractivity contribution in [2.45, 2.75) is 34.8 Å². The minimum Gasteiger partial charge on any atom is -0.497 e. The number of hydrogen-bond acceptors (Lipinski definition) is 6. The standard InChI is InChI=1S/C20H22N2O5S2/c1-3-17-20(24)22-16-12-15(8-9-18(16)28-17)29(25,26)11-10-19(23)21-13-4-6-14(27-2)7-5-13/h4-9,12,17H,3,10-11H2,1-2H3,(H,21,23)(H,22,24)/t17-/m0/s1. The third-order valence-electron chi connectivity index (χ3n) is 4.47. The highest BCUT2D eigenvalue weighted by molar-refractivity contribution is 8.01. The van der Waals surface area contributed by atoms with E-state index in [0.29, 0.717) is 23.5 Å². The number of rotatable bonds is 7. The summed E-state index contributed by atoms with van der Waals surface area (Å²) in [5.41, 5.74) is 1.06. The summed E-state index contributed by atoms with van der Waals surface area (Å²) in [4.78, 5) is 25.1. The maximum absolute atomic E-state index is 12.6. The summed E-state index contributed by atoms with van der Waals surface area (Å²) in [5.74, 6) is -0.190. The highest BCUT2D eigenvalue weighted by Crippen LogP contribution is 2.38. The molecule has 0 saturated heterocycles. The Labute approximate surface area is 174 Å². The molecule has 154 valence electrons. The molecule has 0 aliphatic carbocycles. The second-order valence-electron chi connectivity index (χ2n) is 6.51. The molecule has 2 N–H and O–H groups in total. The van der Waals surface area contributed by atoms with E-state index >= 15 is 0 Å². The minimum absolute atomic E-state index is 0.0874. The van der Waals surface area contributed by atoms with Gasteiger partial charge in [-0.3, -0.25) is 9.59 Å². The second-order valence-corrected chi connectivity index (χ2v) is 9.86. The summed E-state index contributed by atoms with van der Waals surface area (Å²) < 4.78 is 30.3. The maximum atomic E-state index is 12.6. The average Bonchev–Trinajstić information content (AvgIpc) is 2.72. The van der Waals surface area contributed by atoms with Crippen LogP contribution in [0, 0.1) is 0 Å². The van der Waals surface area contributed by atoms with Gasteiger partial charge in [0.1, 0.15) is 5.75 Å². The molecule has 1 heterocycles. The van der Waals surface area contributed by atoms with E-state index in [9.17, 15) is 18.0 Å². The van der Waals surface area contributed by atoms with Gasteiger partial charge in [-0.25, -0.2) is 8.42 Å². The Morgan fingerprint density at radius 1 is 1.21 bits per heavy atom. The van der Waals surface area contributed by atoms with Crippen LogP contribution in [0.3, 0.4) is 0 Å². The summed E-state index contributed by atoms with van der Waals surface area (Å²) in [6, 6.07) is 11.4. The van der Waals surface area contributed by atoms with Crippen LogP contribution in [-0.2, 0) is 19.4 Å². The first kappa shape index (κ1) is 21.2. The Hall–Kier alpha value is -2.52. The number of carbonyl (C=O) groups excluding carboxylic acids is 2. The molecule has 3 rings (SSSR count). The predicted octanol–water partition coefficient (Wildman–Crippen LogP) is 3.32. The number of benzene rings is 2. The van der Waals surface area contributed by atoms with Crippen molar-refractivity contribution in [3.63, 3.8) is 0 Å². The third-order valence-corrected chi connectivity index (χ3v) is 7.63. The Kier molecular flexibility index (Phi) is 6.49. The minimum atomic E-state index is -3.67. The van der Waals surface area contributed by atoms with Gasteiger partial charge in [0.25, 0.3) is 0 Å². The number of anilines is 2. The van der Waals surface area contributed by atoms with Gasteiger partial charge < -0.3 is 15.4 Å². The quantitative estimate of drug-likeness (QED) is 0.693. The lowest BCUT2D eigenvalue weighted by molar-refractivity contribution is -0.116. The van der Waals surface area contributed by atoms with Crippen LogP contribution in [0.15, 0.2) is 52.3 Å². The zero-order valence-corrected chi connectivity index (χ0v) is 17.7. The number of thioether (sulfide) groups is 1. The van der Waals surface area contributed by atoms with Gasteiger partial charge >= 0.3 is 0 Å². The van der Waals surface area contributed by atoms with E-state index in [-0.39, 0.29) is 28.2 Å². The number of ether oxygens (including phenoxy) is 1. The zero-order chi connectivity index (χ0) is 21.0. The molecule has 0 fully saturated rings. The van der Waals surface area contributed by atoms with Crippen LogP contribution in [0.4, 0.5) is 11.4 Å². The van der Waals surface area contributed by atoms with Crippen LogP contribution in [0.2, 0.25) is 0 Å². The molecule has 0 unspecified atom stereocenters. The van der Waals surface area contributed by atoms with Crippen LogP contribution in [0.5, 0.6) is 5.75 Å². The third kappa shape index (κ3) is 5.10. The Balaban J connectivity index is 1.64. The second kappa shape index (κ2) is 8.87. The van der Waals surface area contributed by atoms with Crippen molar-refractivity contribution in [1.29, 1.82) is 0 Å². The van der Waals surface area contributed by atoms with Crippen molar-refractivity contribution in [1.82, 2.24) is 0 Å². The van der Waals surface area contributed by atoms with Crippen molar-refractivity contribution in [2.75, 3.05) is 23.5 Å². The lowest BCUT2D eigenvalue weighted by Crippen LogP contribution is -2.28. The van der Waals surface area contributed by atoms with Crippen LogP contribution in [0.25, 0.3) is 0 Å². The fraction of sp³-hybridized carbons (Fsp3) is 0.300. The van der Waals surface area contributed by atoms with Gasteiger partial charge in [-0.05, 0) is 48.9 Å². The smallest absolute Gasteiger partial charge is 0.237 e. The summed E-state index contributed by atoms with van der Waals surface area (Å²) in [6.45, 7) is 1.93. The van der Waals surface area contributed by atoms with E-state index < -0.39 is 15.7 Å². The molecule has 2 aromatic carbocycles. The van der Waals surface area contributed by atoms with Crippen LogP contribution < -0.4 is 15.4 Å². The number of hydrogen-bond donors (Lipinski definition) is 2. The normalized spacial score (nSPS) is 15.9. The molecule has 7 nitrogen and oxygen atoms in total. The van der Waals surface area contributed by atoms with Gasteiger partial charge in [-0.2, -0.15) is 0 Å². The maximum Gasteiger partial charge on any atom is 0.237 e. The van der Waals surface area contributed by atoms with Crippen LogP contribution >= 0.6 is 11.8 Å². The molecule has 0 radical (unpaired) electrons. The molecule has 2 amide bonds. The first-order valence-electron chi connectivity index (χ1n) is 9.10. The van der Waals surface area contributed by atoms with Crippen molar-refractivity contribution >= 4 is 44.8 Å². The SMILES string of the molecule is CC[C@@H]1Sc2ccc(S(=O)(=O)CCC(=O)Nc3ccc(OC)cc3)cc2NC1=O. The number of nitrogens with one attached hydrogen (secondary N) is 2. The molecule has 29 heavy (non-hydrogen) atoms. The molecular weight excluding hydrogens is 412 g/mol. The topological polar surface area (TPSA) is 102 Å². The molecule has 0 spiro atoms. The highest BCUT2D eigenvalue weighted by Gasteiger charge is 2.27. The van der Waals surface area contributed by atoms with E-state index in [1.54, 1.807) is 37.4 Å². The van der Waals surface area contributed by atoms with E-state index in [1.807, 2.05) is 6.92 Å². The van der Waals surface area contributed by atoms with E-state index in [4.69, 9.17) is 4.74 Å². The molecule has 2 aromatic rings. The number of methoxy groups -OCH3 is 1. The molecule has 0 bridgehead atoms. The lowest BCUT2D eigenvalue weighted by atomic mass is 10.2. The Morgan fingerprint density at radius 3 is 2.59 bits per heavy atom. The average molecular weight is 435 g/mol. The first-order valence-corrected chi connectivity index (χ1v) is 11.6. The van der Waals surface area contributed by atoms with Crippen molar-refractivity contribution in [3.05, 3.63) is 42.5 Å². The van der Waals surface area contributed by atoms with Gasteiger partial charge in [0.05, 0.1) is 28.7 Å². The first-order chi connectivity index (χ1) is 13.8. The molecular formula is C20H22N2O5S2. The van der Waals surface area contributed by atoms with E-state index in [2.05, 4.69) is 10.6 Å². The summed E-state index contributed by atoms with van der Waals surface area (Å²) >= 11 is 1.43. The van der Waals surface area contributed by atoms with E-state index in [1.165, 1.54) is 23.9 Å². The lowest BCUT2D eigenvalue weighted by Gasteiger charge is -2.23. The van der Waals surface area contributed by atoms with E-state index in [0.717, 1.165) is 4.90 Å². The van der Waals surface area contributed by atoms with Crippen LogP contribution in [-0.4, -0.2) is 38.3 Å². The highest BCUT2D eigenvalue weighted by atomic mass is 32.2. The number of carbonyl (C=O) groups is 2. The van der Waals surface area contributed by atoms with Gasteiger partial charge in [0.15, 0.2) is 9.84 Å². The molecule has 1 atom stereocenters. The fourth-order valence-corrected chi connectivity index (χ4v) is 5.12. The number of sulfone groups is 1. The molecule has 0 saturated carbocycles. The molecule has 9 heteroatoms. The van der Waals surface area contributed by atoms with Gasteiger partial charge in [0, 0.05) is 17.0 Å². The Morgan fingerprint density at radius 2 is 1.93 bits per heavy atom. The number of amides is 2. The molecule has 0 aromatic heterocycles. The van der Waals surface area contributed by atoms with Gasteiger partial charge in [-0.1, -0.05) is 6.92 Å². The Bertz CT molecular complexity index is 1020.